The van der Waals surface area contributed by atoms with Crippen molar-refractivity contribution in [1.82, 2.24) is 9.80 Å². The molecule has 1 fully saturated rings. The number of carbonyl (C=O) groups excluding carboxylic acids is 1. The van der Waals surface area contributed by atoms with Crippen molar-refractivity contribution in [3.05, 3.63) is 65.5 Å². The van der Waals surface area contributed by atoms with E-state index in [9.17, 15) is 9.18 Å². The molecule has 2 aromatic rings. The number of hydrogen-bond donors (Lipinski definition) is 0. The van der Waals surface area contributed by atoms with Crippen molar-refractivity contribution < 1.29 is 13.9 Å². The number of halogens is 1. The first-order chi connectivity index (χ1) is 13.1. The van der Waals surface area contributed by atoms with Crippen LogP contribution < -0.4 is 4.74 Å². The number of ether oxygens (including phenoxy) is 1. The van der Waals surface area contributed by atoms with E-state index in [4.69, 9.17) is 4.74 Å². The summed E-state index contributed by atoms with van der Waals surface area (Å²) < 4.78 is 19.2. The number of amides is 1. The standard InChI is InChI=1S/C22H27FN2O2/c1-24-14-15-25(16-20(24)18-10-4-6-12-21(18)27-2)22(26)13-7-9-17-8-3-5-11-19(17)23/h3-6,8,10-12,20H,7,9,13-16H2,1-2H3. The molecule has 0 aromatic heterocycles. The molecular weight excluding hydrogens is 343 g/mol. The number of aryl methyl sites for hydroxylation is 1. The summed E-state index contributed by atoms with van der Waals surface area (Å²) in [7, 11) is 3.75. The topological polar surface area (TPSA) is 32.8 Å². The van der Waals surface area contributed by atoms with Gasteiger partial charge in [-0.05, 0) is 37.6 Å². The first-order valence-electron chi connectivity index (χ1n) is 9.44. The highest BCUT2D eigenvalue weighted by Crippen LogP contribution is 2.31. The Hall–Kier alpha value is -2.40. The third kappa shape index (κ3) is 4.66. The molecule has 3 rings (SSSR count). The van der Waals surface area contributed by atoms with Crippen molar-refractivity contribution in [2.45, 2.75) is 25.3 Å². The lowest BCUT2D eigenvalue weighted by molar-refractivity contribution is -0.134. The first kappa shape index (κ1) is 19.4. The van der Waals surface area contributed by atoms with Gasteiger partial charge in [-0.3, -0.25) is 9.69 Å². The Morgan fingerprint density at radius 2 is 1.89 bits per heavy atom. The summed E-state index contributed by atoms with van der Waals surface area (Å²) >= 11 is 0. The minimum absolute atomic E-state index is 0.116. The van der Waals surface area contributed by atoms with Crippen LogP contribution in [0.4, 0.5) is 4.39 Å². The van der Waals surface area contributed by atoms with Crippen LogP contribution in [0.15, 0.2) is 48.5 Å². The second-order valence-electron chi connectivity index (χ2n) is 7.02. The van der Waals surface area contributed by atoms with Crippen molar-refractivity contribution in [3.8, 4) is 5.75 Å². The lowest BCUT2D eigenvalue weighted by Crippen LogP contribution is -2.49. The molecule has 1 unspecified atom stereocenters. The van der Waals surface area contributed by atoms with Gasteiger partial charge in [-0.2, -0.15) is 0 Å². The van der Waals surface area contributed by atoms with Crippen molar-refractivity contribution in [1.29, 1.82) is 0 Å². The molecule has 4 nitrogen and oxygen atoms in total. The summed E-state index contributed by atoms with van der Waals surface area (Å²) in [5, 5.41) is 0. The van der Waals surface area contributed by atoms with Gasteiger partial charge in [-0.1, -0.05) is 36.4 Å². The highest BCUT2D eigenvalue weighted by molar-refractivity contribution is 5.76. The molecule has 1 atom stereocenters. The number of piperazine rings is 1. The largest absolute Gasteiger partial charge is 0.496 e. The predicted octanol–water partition coefficient (Wildman–Crippen LogP) is 3.67. The second kappa shape index (κ2) is 9.00. The van der Waals surface area contributed by atoms with Gasteiger partial charge in [0.05, 0.1) is 13.2 Å². The Bertz CT molecular complexity index is 780. The molecule has 0 aliphatic carbocycles. The van der Waals surface area contributed by atoms with Gasteiger partial charge in [0.2, 0.25) is 5.91 Å². The SMILES string of the molecule is COc1ccccc1C1CN(C(=O)CCCc2ccccc2F)CCN1C. The minimum atomic E-state index is -0.194. The zero-order valence-corrected chi connectivity index (χ0v) is 16.0. The first-order valence-corrected chi connectivity index (χ1v) is 9.44. The maximum atomic E-state index is 13.7. The van der Waals surface area contributed by atoms with E-state index in [-0.39, 0.29) is 17.8 Å². The van der Waals surface area contributed by atoms with Crippen LogP contribution in [0, 0.1) is 5.82 Å². The Kier molecular flexibility index (Phi) is 6.45. The average molecular weight is 370 g/mol. The summed E-state index contributed by atoms with van der Waals surface area (Å²) in [4.78, 5) is 16.9. The molecule has 0 spiro atoms. The van der Waals surface area contributed by atoms with Crippen LogP contribution in [0.3, 0.4) is 0 Å². The Labute approximate surface area is 160 Å². The highest BCUT2D eigenvalue weighted by Gasteiger charge is 2.29. The van der Waals surface area contributed by atoms with E-state index in [0.29, 0.717) is 31.4 Å². The molecule has 1 heterocycles. The fraction of sp³-hybridized carbons (Fsp3) is 0.409. The fourth-order valence-electron chi connectivity index (χ4n) is 3.67. The molecule has 1 aliphatic heterocycles. The Morgan fingerprint density at radius 1 is 1.15 bits per heavy atom. The van der Waals surface area contributed by atoms with Crippen molar-refractivity contribution in [3.63, 3.8) is 0 Å². The molecule has 0 saturated carbocycles. The minimum Gasteiger partial charge on any atom is -0.496 e. The Morgan fingerprint density at radius 3 is 2.67 bits per heavy atom. The third-order valence-corrected chi connectivity index (χ3v) is 5.29. The quantitative estimate of drug-likeness (QED) is 0.778. The van der Waals surface area contributed by atoms with Crippen molar-refractivity contribution >= 4 is 5.91 Å². The van der Waals surface area contributed by atoms with Gasteiger partial charge in [0.1, 0.15) is 11.6 Å². The number of para-hydroxylation sites is 1. The smallest absolute Gasteiger partial charge is 0.222 e. The average Bonchev–Trinajstić information content (AvgIpc) is 2.69. The van der Waals surface area contributed by atoms with Gasteiger partial charge in [-0.25, -0.2) is 4.39 Å². The normalized spacial score (nSPS) is 17.7. The monoisotopic (exact) mass is 370 g/mol. The van der Waals surface area contributed by atoms with Gasteiger partial charge in [0, 0.05) is 31.6 Å². The zero-order chi connectivity index (χ0) is 19.2. The number of nitrogens with zero attached hydrogens (tertiary/aromatic N) is 2. The van der Waals surface area contributed by atoms with Crippen LogP contribution in [0.5, 0.6) is 5.75 Å². The van der Waals surface area contributed by atoms with Gasteiger partial charge in [0.25, 0.3) is 0 Å². The van der Waals surface area contributed by atoms with Gasteiger partial charge >= 0.3 is 0 Å². The molecule has 0 N–H and O–H groups in total. The number of rotatable bonds is 6. The summed E-state index contributed by atoms with van der Waals surface area (Å²) in [6, 6.07) is 14.9. The van der Waals surface area contributed by atoms with Crippen LogP contribution >= 0.6 is 0 Å². The predicted molar refractivity (Wildman–Crippen MR) is 104 cm³/mol. The molecule has 0 radical (unpaired) electrons. The number of benzene rings is 2. The molecule has 0 bridgehead atoms. The van der Waals surface area contributed by atoms with Crippen LogP contribution in [0.1, 0.15) is 30.0 Å². The maximum absolute atomic E-state index is 13.7. The molecule has 27 heavy (non-hydrogen) atoms. The Balaban J connectivity index is 1.60. The van der Waals surface area contributed by atoms with Gasteiger partial charge < -0.3 is 9.64 Å². The number of methoxy groups -OCH3 is 1. The molecular formula is C22H27FN2O2. The fourth-order valence-corrected chi connectivity index (χ4v) is 3.67. The molecule has 2 aromatic carbocycles. The lowest BCUT2D eigenvalue weighted by atomic mass is 10.0. The van der Waals surface area contributed by atoms with E-state index in [2.05, 4.69) is 18.0 Å². The number of likely N-dealkylation sites (N-methyl/N-ethyl adjacent to an activating group) is 1. The molecule has 144 valence electrons. The van der Waals surface area contributed by atoms with E-state index in [1.807, 2.05) is 29.2 Å². The van der Waals surface area contributed by atoms with Crippen molar-refractivity contribution in [2.24, 2.45) is 0 Å². The lowest BCUT2D eigenvalue weighted by Gasteiger charge is -2.40. The van der Waals surface area contributed by atoms with Crippen LogP contribution in [-0.4, -0.2) is 49.5 Å². The summed E-state index contributed by atoms with van der Waals surface area (Å²) in [5.74, 6) is 0.795. The van der Waals surface area contributed by atoms with Crippen LogP contribution in [0.2, 0.25) is 0 Å². The summed E-state index contributed by atoms with van der Waals surface area (Å²) in [5.41, 5.74) is 1.78. The second-order valence-corrected chi connectivity index (χ2v) is 7.02. The third-order valence-electron chi connectivity index (χ3n) is 5.29. The van der Waals surface area contributed by atoms with Crippen LogP contribution in [-0.2, 0) is 11.2 Å². The molecule has 5 heteroatoms. The van der Waals surface area contributed by atoms with Gasteiger partial charge in [-0.15, -0.1) is 0 Å². The van der Waals surface area contributed by atoms with E-state index < -0.39 is 0 Å². The van der Waals surface area contributed by atoms with Crippen LogP contribution in [0.25, 0.3) is 0 Å². The maximum Gasteiger partial charge on any atom is 0.222 e. The summed E-state index contributed by atoms with van der Waals surface area (Å²) in [6.45, 7) is 2.19. The summed E-state index contributed by atoms with van der Waals surface area (Å²) in [6.07, 6.45) is 1.68. The van der Waals surface area contributed by atoms with E-state index >= 15 is 0 Å². The van der Waals surface area contributed by atoms with E-state index in [1.165, 1.54) is 6.07 Å². The zero-order valence-electron chi connectivity index (χ0n) is 16.0. The highest BCUT2D eigenvalue weighted by atomic mass is 19.1. The van der Waals surface area contributed by atoms with Crippen molar-refractivity contribution in [2.75, 3.05) is 33.8 Å². The molecule has 1 amide bonds. The van der Waals surface area contributed by atoms with E-state index in [1.54, 1.807) is 19.2 Å². The number of hydrogen-bond acceptors (Lipinski definition) is 3. The van der Waals surface area contributed by atoms with E-state index in [0.717, 1.165) is 24.4 Å². The molecule has 1 saturated heterocycles. The van der Waals surface area contributed by atoms with Gasteiger partial charge in [0.15, 0.2) is 0 Å². The number of carbonyl (C=O) groups is 1. The molecule has 1 aliphatic rings.